The third kappa shape index (κ3) is 20.0. The minimum Gasteiger partial charge on any atom is -0.505 e. The van der Waals surface area contributed by atoms with Gasteiger partial charge in [-0.15, -0.1) is 0 Å². The number of halogens is 3. The van der Waals surface area contributed by atoms with E-state index in [1.165, 1.54) is 88.8 Å². The molecule has 3 aliphatic carbocycles. The number of carbonyl (C=O) groups excluding carboxylic acids is 2. The van der Waals surface area contributed by atoms with E-state index in [0.29, 0.717) is 114 Å². The molecule has 758 valence electrons. The van der Waals surface area contributed by atoms with E-state index in [-0.39, 0.29) is 83.0 Å². The van der Waals surface area contributed by atoms with Crippen LogP contribution in [-0.2, 0) is 40.7 Å². The fourth-order valence-electron chi connectivity index (χ4n) is 17.0. The Morgan fingerprint density at radius 2 is 0.896 bits per heavy atom. The first-order chi connectivity index (χ1) is 85.5. The van der Waals surface area contributed by atoms with Gasteiger partial charge in [-0.2, -0.15) is 19.9 Å². The monoisotopic (exact) mass is 1980 g/mol. The topological polar surface area (TPSA) is 495 Å². The van der Waals surface area contributed by atoms with Gasteiger partial charge < -0.3 is 86.1 Å². The van der Waals surface area contributed by atoms with Crippen LogP contribution in [0.25, 0.3) is 65.8 Å². The van der Waals surface area contributed by atoms with Crippen LogP contribution in [0, 0.1) is 54.5 Å². The van der Waals surface area contributed by atoms with Gasteiger partial charge in [-0.05, 0) is 173 Å². The number of hydrogen-bond donors (Lipinski definition) is 9. The molecule has 14 aromatic rings. The molecule has 42 heteroatoms. The molecule has 135 heavy (non-hydrogen) atoms. The first-order valence-electron chi connectivity index (χ1n) is 65.3. The number of nitrogens with zero attached hydrogens (tertiary/aromatic N) is 16. The zero-order valence-corrected chi connectivity index (χ0v) is 78.0. The van der Waals surface area contributed by atoms with Gasteiger partial charge in [-0.25, -0.2) is 79.5 Å². The van der Waals surface area contributed by atoms with Crippen molar-refractivity contribution in [1.82, 2.24) is 80.1 Å². The number of amides is 2. The van der Waals surface area contributed by atoms with Crippen LogP contribution in [0.15, 0.2) is 132 Å². The number of aromatic nitrogens is 15. The Kier molecular flexibility index (Phi) is 19.7. The van der Waals surface area contributed by atoms with E-state index in [1.807, 2.05) is 0 Å². The first kappa shape index (κ1) is 71.1. The number of ether oxygens (including phenoxy) is 6. The minimum atomic E-state index is -4.39. The van der Waals surface area contributed by atoms with Crippen molar-refractivity contribution < 1.29 is 140 Å². The maximum atomic E-state index is 15.2. The summed E-state index contributed by atoms with van der Waals surface area (Å²) in [5.74, 6) is 2.49. The van der Waals surface area contributed by atoms with E-state index in [0.717, 1.165) is 85.2 Å². The molecule has 3 spiro atoms. The number of aryl methyl sites for hydroxylation is 3. The van der Waals surface area contributed by atoms with Crippen LogP contribution in [-0.4, -0.2) is 213 Å². The Morgan fingerprint density at radius 1 is 0.526 bits per heavy atom. The smallest absolute Gasteiger partial charge is 0.414 e. The predicted octanol–water partition coefficient (Wildman–Crippen LogP) is 19.6. The van der Waals surface area contributed by atoms with Crippen LogP contribution in [0.2, 0.25) is 0 Å². The van der Waals surface area contributed by atoms with Crippen LogP contribution in [0.5, 0.6) is 40.8 Å². The predicted molar refractivity (Wildman–Crippen MR) is 554 cm³/mol. The number of anilines is 5. The van der Waals surface area contributed by atoms with Crippen molar-refractivity contribution in [2.45, 2.75) is 159 Å². The summed E-state index contributed by atoms with van der Waals surface area (Å²) in [6.45, 7) is 21.1. The van der Waals surface area contributed by atoms with Gasteiger partial charge in [0, 0.05) is 178 Å². The average Bonchev–Trinajstić information content (AvgIpc) is 1.39. The summed E-state index contributed by atoms with van der Waals surface area (Å²) in [6.07, 6.45) is 14.5. The Hall–Kier alpha value is -13.6. The number of sulfone groups is 2. The number of H-pyrrole nitrogens is 3. The molecule has 6 aliphatic rings. The third-order valence-corrected chi connectivity index (χ3v) is 27.9. The standard InChI is InChI=1S/C32H33FN4O8S2.C27H31FN8O3.C22H23FN8O.C6H12N2.C5H6N2O.CH4.23H2/c1-32(2,3)45-31(38)37(4)25-16-21(33)15-24-26-28(34-27(24)25)35-30(47(41,42)18-20-9-13-23(44-6)14-10-20)36-29(26)46(39,40)17-19-7-11-22(43-5)12-8-19;1-14-30-10-16(11-31-14)38-24-33-22-20(23(34-24)36-12-27(13-36)7-6-19(27)29)17-8-15(28)9-18(21(17)32-22)35(5)25(37)39-26(2,3)4;1-11-26-7-13(8-27-11)32-21-29-19-17(14-5-12(23)6-15(25-2)18(14)28-19)20(30-21)31-9-22(10-31)4-3-16(22)24;7-5-1-2-6(5)3-8-4-6;1-4-6-2-5(8)3-7-4;;;;;;;;;;;;;;;;;;;;;;;;/h7-16H,17-18H2,1-6H3,(H,34,35,36);8-11,19H,6-7,12-13,29H2,1-5H3,(H,32,33,34);5-8,16,25H,3-4,9-10,24H2,1-2H3,(H,28,29,30);5,8H,1-4,7H2;2-3,8H,1H3;1H4;23*1H/t;19-;16-;5-;;;;;;;;;;;;;;;;;;;;;;;;;/m.111........................./s1/i;;;;;;22*1+1D;1+1. The number of benzene rings is 5. The van der Waals surface area contributed by atoms with E-state index >= 15 is 8.78 Å². The number of aromatic hydroxyl groups is 1. The van der Waals surface area contributed by atoms with Gasteiger partial charge in [0.15, 0.2) is 22.3 Å². The van der Waals surface area contributed by atoms with Crippen molar-refractivity contribution in [2.24, 2.45) is 33.4 Å². The normalized spacial score (nSPS) is 18.4. The van der Waals surface area contributed by atoms with Crippen LogP contribution < -0.4 is 66.4 Å². The van der Waals surface area contributed by atoms with E-state index in [9.17, 15) is 30.8 Å². The van der Waals surface area contributed by atoms with Crippen molar-refractivity contribution >= 4 is 126 Å². The average molecular weight is 1980 g/mol. The molecule has 3 atom stereocenters. The van der Waals surface area contributed by atoms with Gasteiger partial charge >= 0.3 is 24.2 Å². The maximum Gasteiger partial charge on any atom is 0.414 e. The van der Waals surface area contributed by atoms with Crippen LogP contribution >= 0.6 is 0 Å². The van der Waals surface area contributed by atoms with Gasteiger partial charge in [0.1, 0.15) is 86.2 Å². The molecular weight excluding hydrogens is 1780 g/mol. The molecule has 0 unspecified atom stereocenters. The number of nitrogens with two attached hydrogens (primary N) is 3. The van der Waals surface area contributed by atoms with Crippen molar-refractivity contribution in [2.75, 3.05) is 99.5 Å². The van der Waals surface area contributed by atoms with Crippen molar-refractivity contribution in [3.63, 3.8) is 0 Å². The number of carbonyl (C=O) groups is 2. The molecule has 3 saturated heterocycles. The molecule has 37 nitrogen and oxygen atoms in total. The zero-order valence-electron chi connectivity index (χ0n) is 120. The van der Waals surface area contributed by atoms with Gasteiger partial charge in [-0.1, -0.05) is 31.7 Å². The van der Waals surface area contributed by atoms with Crippen molar-refractivity contribution in [1.29, 1.82) is 0 Å². The second-order valence-electron chi connectivity index (χ2n) is 36.6. The van der Waals surface area contributed by atoms with Gasteiger partial charge in [0.25, 0.3) is 5.16 Å². The maximum absolute atomic E-state index is 15.2. The quantitative estimate of drug-likeness (QED) is 0.0302. The molecule has 9 aromatic heterocycles. The van der Waals surface area contributed by atoms with Crippen molar-refractivity contribution in [3.05, 3.63) is 168 Å². The van der Waals surface area contributed by atoms with Crippen molar-refractivity contribution in [3.8, 4) is 40.8 Å². The number of rotatable bonds is 17. The third-order valence-electron chi connectivity index (χ3n) is 24.8. The lowest BCUT2D eigenvalue weighted by Crippen LogP contribution is -2.69. The van der Waals surface area contributed by atoms with E-state index in [4.69, 9.17) is 126 Å². The van der Waals surface area contributed by atoms with Gasteiger partial charge in [0.05, 0.1) is 113 Å². The summed E-state index contributed by atoms with van der Waals surface area (Å²) in [5.41, 5.74) is 21.6. The Balaban J connectivity index is -0.000000285. The molecule has 0 radical (unpaired) electrons. The summed E-state index contributed by atoms with van der Waals surface area (Å²) in [4.78, 5) is 93.1. The number of aromatic amines is 3. The highest BCUT2D eigenvalue weighted by atomic mass is 32.2. The molecule has 12 heterocycles. The second kappa shape index (κ2) is 37.4. The highest BCUT2D eigenvalue weighted by Gasteiger charge is 2.56. The molecule has 6 fully saturated rings. The Labute approximate surface area is 845 Å². The summed E-state index contributed by atoms with van der Waals surface area (Å²) in [7, 11) is -1.09. The minimum absolute atomic E-state index is 0. The van der Waals surface area contributed by atoms with E-state index in [2.05, 4.69) is 85.2 Å². The molecule has 20 rings (SSSR count). The summed E-state index contributed by atoms with van der Waals surface area (Å²) in [6, 6.07) is 21.6. The summed E-state index contributed by atoms with van der Waals surface area (Å²) >= 11 is 0. The molecule has 3 aliphatic heterocycles. The number of methoxy groups -OCH3 is 2. The lowest BCUT2D eigenvalue weighted by atomic mass is 9.60. The molecule has 0 bridgehead atoms. The van der Waals surface area contributed by atoms with Crippen LogP contribution in [0.3, 0.4) is 0 Å². The number of fused-ring (bicyclic) bond motifs is 9. The van der Waals surface area contributed by atoms with Gasteiger partial charge in [-0.3, -0.25) is 9.80 Å². The Morgan fingerprint density at radius 3 is 1.24 bits per heavy atom. The zero-order chi connectivity index (χ0) is 140. The largest absolute Gasteiger partial charge is 0.505 e. The van der Waals surface area contributed by atoms with Gasteiger partial charge in [0.2, 0.25) is 19.7 Å². The lowest BCUT2D eigenvalue weighted by Gasteiger charge is -2.60. The molecule has 2 amide bonds. The summed E-state index contributed by atoms with van der Waals surface area (Å²) < 4.78 is 353. The van der Waals surface area contributed by atoms with E-state index < -0.39 is 76.4 Å². The molecule has 12 N–H and O–H groups in total. The Bertz CT molecular complexity index is 7160. The SMILES string of the molecule is C.CNc1cc(F)cc2c1[nH]c1nc(Oc3cnc(C)nc3)nc(N3CC4(CC[C@H]4N)C3)c12.COc1ccc(CS(=O)(=O)c2nc(S(=O)(=O)Cc3ccc(OC)cc3)c3c(n2)[nH]c2c(N(C)C(=O)OC(C)(C)C)cc(F)cc23)cc1.Cc1ncc(O)cn1.Cc1ncc(Oc2nc(N3CC4(CC[C@H]4N)C3)c3c(n2)[nH]c2c(N(C)C(=O)OC(C)(C)C)cc(F)cc23)cn1.N[C@@H]1CCC12CNC2.[2HH].[2H][2H].[2H][2H].[2H][2H].[2H][2H].[2H][2H].[2H][2H].[2H][2H].[2H][2H].[2H][2H].[2H][2H].[2H][2H].[2H][2H].[2H][2H].[2H][2H].[2H][2H].[2H][2H].[2H][2H].[2H][2H].[2H][2H].[2H][2H].[2H][2H].[2H][2H]. The molecule has 3 saturated carbocycles. The number of nitrogens with one attached hydrogen (secondary N) is 5. The van der Waals surface area contributed by atoms with Crippen LogP contribution in [0.4, 0.5) is 51.5 Å². The highest BCUT2D eigenvalue weighted by molar-refractivity contribution is 7.91. The molecule has 5 aromatic carbocycles. The molecular formula is C93H155F3N24O13S2. The first-order valence-corrected chi connectivity index (χ1v) is 46.6. The van der Waals surface area contributed by atoms with Crippen LogP contribution in [0.1, 0.15) is 183 Å². The highest BCUT2D eigenvalue weighted by Crippen LogP contribution is 2.53. The van der Waals surface area contributed by atoms with E-state index in [1.54, 1.807) is 150 Å². The second-order valence-corrected chi connectivity index (χ2v) is 40.4. The fourth-order valence-corrected chi connectivity index (χ4v) is 19.7. The number of hydrogen-bond acceptors (Lipinski definition) is 32. The fraction of sp³-hybridized carbons (Fsp3) is 0.398. The summed E-state index contributed by atoms with van der Waals surface area (Å²) in [5, 5.41) is 16.1. The lowest BCUT2D eigenvalue weighted by molar-refractivity contribution is 0.0297.